The molecular weight excluding hydrogens is 218 g/mol. The predicted molar refractivity (Wildman–Crippen MR) is 67.6 cm³/mol. The lowest BCUT2D eigenvalue weighted by molar-refractivity contribution is 0.239. The Morgan fingerprint density at radius 2 is 2.00 bits per heavy atom. The molecule has 0 amide bonds. The van der Waals surface area contributed by atoms with Crippen molar-refractivity contribution in [1.29, 1.82) is 0 Å². The number of aryl methyl sites for hydroxylation is 1. The van der Waals surface area contributed by atoms with Crippen molar-refractivity contribution in [3.63, 3.8) is 0 Å². The summed E-state index contributed by atoms with van der Waals surface area (Å²) in [6.45, 7) is 4.43. The lowest BCUT2D eigenvalue weighted by Gasteiger charge is -2.32. The molecule has 1 fully saturated rings. The van der Waals surface area contributed by atoms with Crippen LogP contribution in [0.4, 0.5) is 0 Å². The third-order valence-electron chi connectivity index (χ3n) is 3.81. The SMILES string of the molecule is CNC(c1snnc1C)C1CCC(C)CC1. The fourth-order valence-electron chi connectivity index (χ4n) is 2.72. The standard InChI is InChI=1S/C12H21N3S/c1-8-4-6-10(7-5-8)11(13-3)12-9(2)14-15-16-12/h8,10-11,13H,4-7H2,1-3H3. The molecule has 0 bridgehead atoms. The van der Waals surface area contributed by atoms with Gasteiger partial charge in [-0.15, -0.1) is 5.10 Å². The zero-order chi connectivity index (χ0) is 11.5. The van der Waals surface area contributed by atoms with Crippen LogP contribution in [0.5, 0.6) is 0 Å². The molecule has 4 heteroatoms. The van der Waals surface area contributed by atoms with Gasteiger partial charge >= 0.3 is 0 Å². The van der Waals surface area contributed by atoms with Crippen LogP contribution in [0.1, 0.15) is 49.2 Å². The smallest absolute Gasteiger partial charge is 0.0772 e. The van der Waals surface area contributed by atoms with E-state index in [4.69, 9.17) is 0 Å². The molecule has 3 nitrogen and oxygen atoms in total. The summed E-state index contributed by atoms with van der Waals surface area (Å²) in [6, 6.07) is 0.465. The van der Waals surface area contributed by atoms with Crippen molar-refractivity contribution in [3.8, 4) is 0 Å². The van der Waals surface area contributed by atoms with Crippen LogP contribution in [0.3, 0.4) is 0 Å². The molecule has 0 radical (unpaired) electrons. The van der Waals surface area contributed by atoms with Crippen LogP contribution in [0, 0.1) is 18.8 Å². The van der Waals surface area contributed by atoms with Crippen LogP contribution in [-0.4, -0.2) is 16.6 Å². The fourth-order valence-corrected chi connectivity index (χ4v) is 3.57. The summed E-state index contributed by atoms with van der Waals surface area (Å²) >= 11 is 1.55. The van der Waals surface area contributed by atoms with Gasteiger partial charge in [0.2, 0.25) is 0 Å². The molecule has 90 valence electrons. The highest BCUT2D eigenvalue weighted by atomic mass is 32.1. The van der Waals surface area contributed by atoms with Crippen molar-refractivity contribution in [1.82, 2.24) is 14.9 Å². The minimum Gasteiger partial charge on any atom is -0.312 e. The summed E-state index contributed by atoms with van der Waals surface area (Å²) in [5.41, 5.74) is 1.10. The Labute approximate surface area is 102 Å². The second-order valence-corrected chi connectivity index (χ2v) is 5.79. The lowest BCUT2D eigenvalue weighted by Crippen LogP contribution is -2.28. The van der Waals surface area contributed by atoms with Gasteiger partial charge in [-0.2, -0.15) is 0 Å². The molecule has 1 aromatic rings. The highest BCUT2D eigenvalue weighted by Crippen LogP contribution is 2.38. The summed E-state index contributed by atoms with van der Waals surface area (Å²) in [5.74, 6) is 1.68. The van der Waals surface area contributed by atoms with Crippen LogP contribution in [0.25, 0.3) is 0 Å². The van der Waals surface area contributed by atoms with Gasteiger partial charge in [-0.25, -0.2) is 0 Å². The van der Waals surface area contributed by atoms with Crippen molar-refractivity contribution in [2.24, 2.45) is 11.8 Å². The molecule has 1 unspecified atom stereocenters. The van der Waals surface area contributed by atoms with Gasteiger partial charge in [-0.3, -0.25) is 0 Å². The molecule has 1 heterocycles. The molecule has 1 aliphatic carbocycles. The van der Waals surface area contributed by atoms with Gasteiger partial charge in [-0.1, -0.05) is 24.3 Å². The lowest BCUT2D eigenvalue weighted by atomic mass is 9.78. The number of aromatic nitrogens is 2. The van der Waals surface area contributed by atoms with Crippen LogP contribution >= 0.6 is 11.5 Å². The minimum atomic E-state index is 0.465. The molecule has 16 heavy (non-hydrogen) atoms. The molecule has 1 atom stereocenters. The number of rotatable bonds is 3. The molecule has 1 N–H and O–H groups in total. The van der Waals surface area contributed by atoms with Gasteiger partial charge in [0.1, 0.15) is 0 Å². The topological polar surface area (TPSA) is 37.8 Å². The Morgan fingerprint density at radius 3 is 2.50 bits per heavy atom. The monoisotopic (exact) mass is 239 g/mol. The summed E-state index contributed by atoms with van der Waals surface area (Å²) < 4.78 is 4.05. The van der Waals surface area contributed by atoms with Crippen LogP contribution in [-0.2, 0) is 0 Å². The average molecular weight is 239 g/mol. The molecule has 0 spiro atoms. The maximum Gasteiger partial charge on any atom is 0.0772 e. The van der Waals surface area contributed by atoms with E-state index in [9.17, 15) is 0 Å². The van der Waals surface area contributed by atoms with E-state index < -0.39 is 0 Å². The molecule has 0 aliphatic heterocycles. The van der Waals surface area contributed by atoms with E-state index >= 15 is 0 Å². The highest BCUT2D eigenvalue weighted by molar-refractivity contribution is 7.05. The second kappa shape index (κ2) is 5.23. The average Bonchev–Trinajstić information content (AvgIpc) is 2.69. The van der Waals surface area contributed by atoms with Gasteiger partial charge in [0.05, 0.1) is 10.6 Å². The summed E-state index contributed by atoms with van der Waals surface area (Å²) in [7, 11) is 2.06. The van der Waals surface area contributed by atoms with Gasteiger partial charge < -0.3 is 5.32 Å². The normalized spacial score (nSPS) is 27.9. The van der Waals surface area contributed by atoms with Gasteiger partial charge in [-0.05, 0) is 50.2 Å². The third-order valence-corrected chi connectivity index (χ3v) is 4.72. The van der Waals surface area contributed by atoms with Gasteiger partial charge in [0.15, 0.2) is 0 Å². The van der Waals surface area contributed by atoms with E-state index in [1.54, 1.807) is 11.5 Å². The van der Waals surface area contributed by atoms with Crippen LogP contribution in [0.2, 0.25) is 0 Å². The largest absolute Gasteiger partial charge is 0.312 e. The summed E-state index contributed by atoms with van der Waals surface area (Å²) in [4.78, 5) is 1.34. The Bertz CT molecular complexity index is 329. The maximum atomic E-state index is 4.12. The highest BCUT2D eigenvalue weighted by Gasteiger charge is 2.28. The Kier molecular flexibility index (Phi) is 3.92. The van der Waals surface area contributed by atoms with Gasteiger partial charge in [0.25, 0.3) is 0 Å². The number of hydrogen-bond acceptors (Lipinski definition) is 4. The molecule has 1 aromatic heterocycles. The zero-order valence-corrected chi connectivity index (χ0v) is 11.2. The minimum absolute atomic E-state index is 0.465. The first kappa shape index (κ1) is 12.0. The van der Waals surface area contributed by atoms with E-state index in [1.165, 1.54) is 30.6 Å². The molecule has 0 aromatic carbocycles. The fraction of sp³-hybridized carbons (Fsp3) is 0.833. The summed E-state index contributed by atoms with van der Waals surface area (Å²) in [6.07, 6.45) is 5.41. The second-order valence-electron chi connectivity index (χ2n) is 5.01. The van der Waals surface area contributed by atoms with Crippen molar-refractivity contribution < 1.29 is 0 Å². The summed E-state index contributed by atoms with van der Waals surface area (Å²) in [5, 5.41) is 7.58. The molecule has 1 saturated carbocycles. The molecule has 2 rings (SSSR count). The van der Waals surface area contributed by atoms with E-state index in [0.29, 0.717) is 6.04 Å². The number of nitrogens with one attached hydrogen (secondary N) is 1. The van der Waals surface area contributed by atoms with Crippen molar-refractivity contribution in [3.05, 3.63) is 10.6 Å². The Hall–Kier alpha value is -0.480. The predicted octanol–water partition coefficient (Wildman–Crippen LogP) is 2.93. The Balaban J connectivity index is 2.08. The first-order valence-electron chi connectivity index (χ1n) is 6.18. The van der Waals surface area contributed by atoms with Gasteiger partial charge in [0, 0.05) is 6.04 Å². The molecule has 0 saturated heterocycles. The quantitative estimate of drug-likeness (QED) is 0.881. The first-order chi connectivity index (χ1) is 7.72. The maximum absolute atomic E-state index is 4.12. The van der Waals surface area contributed by atoms with Crippen molar-refractivity contribution in [2.45, 2.75) is 45.6 Å². The molecule has 1 aliphatic rings. The zero-order valence-electron chi connectivity index (χ0n) is 10.4. The van der Waals surface area contributed by atoms with E-state index in [2.05, 4.69) is 35.8 Å². The van der Waals surface area contributed by atoms with Crippen LogP contribution < -0.4 is 5.32 Å². The Morgan fingerprint density at radius 1 is 1.31 bits per heavy atom. The van der Waals surface area contributed by atoms with Crippen LogP contribution in [0.15, 0.2) is 0 Å². The number of hydrogen-bond donors (Lipinski definition) is 1. The molecular formula is C12H21N3S. The third kappa shape index (κ3) is 2.43. The first-order valence-corrected chi connectivity index (χ1v) is 6.95. The van der Waals surface area contributed by atoms with E-state index in [0.717, 1.165) is 17.5 Å². The van der Waals surface area contributed by atoms with E-state index in [1.807, 2.05) is 0 Å². The van der Waals surface area contributed by atoms with Crippen molar-refractivity contribution in [2.75, 3.05) is 7.05 Å². The van der Waals surface area contributed by atoms with E-state index in [-0.39, 0.29) is 0 Å². The number of nitrogens with zero attached hydrogens (tertiary/aromatic N) is 2. The van der Waals surface area contributed by atoms with Crippen molar-refractivity contribution >= 4 is 11.5 Å².